The SMILES string of the molecule is CCN1C(=O)/C(=C/c2cc(Br)cc(OC)c2O)SC1=S. The van der Waals surface area contributed by atoms with Crippen LogP contribution in [0, 0.1) is 0 Å². The van der Waals surface area contributed by atoms with Crippen molar-refractivity contribution in [1.29, 1.82) is 0 Å². The summed E-state index contributed by atoms with van der Waals surface area (Å²) in [4.78, 5) is 14.1. The maximum atomic E-state index is 12.1. The molecule has 1 aromatic rings. The van der Waals surface area contributed by atoms with Crippen LogP contribution >= 0.6 is 39.9 Å². The molecule has 0 aromatic heterocycles. The quantitative estimate of drug-likeness (QED) is 0.649. The van der Waals surface area contributed by atoms with Crippen molar-refractivity contribution in [2.24, 2.45) is 0 Å². The molecule has 1 N–H and O–H groups in total. The van der Waals surface area contributed by atoms with Gasteiger partial charge in [-0.3, -0.25) is 9.69 Å². The summed E-state index contributed by atoms with van der Waals surface area (Å²) in [5.41, 5.74) is 0.507. The fourth-order valence-corrected chi connectivity index (χ4v) is 3.60. The maximum Gasteiger partial charge on any atom is 0.266 e. The first-order valence-electron chi connectivity index (χ1n) is 5.79. The molecule has 0 saturated carbocycles. The van der Waals surface area contributed by atoms with Crippen molar-refractivity contribution in [2.75, 3.05) is 13.7 Å². The second-order valence-electron chi connectivity index (χ2n) is 3.97. The minimum absolute atomic E-state index is 0.00235. The molecule has 1 amide bonds. The lowest BCUT2D eigenvalue weighted by Crippen LogP contribution is -2.27. The van der Waals surface area contributed by atoms with Gasteiger partial charge in [0.05, 0.1) is 12.0 Å². The Morgan fingerprint density at radius 3 is 2.80 bits per heavy atom. The standard InChI is InChI=1S/C13H12BrNO3S2/c1-3-15-12(17)10(20-13(15)19)5-7-4-8(14)6-9(18-2)11(7)16/h4-6,16H,3H2,1-2H3/b10-5-. The van der Waals surface area contributed by atoms with Crippen LogP contribution < -0.4 is 4.74 Å². The number of rotatable bonds is 3. The summed E-state index contributed by atoms with van der Waals surface area (Å²) < 4.78 is 6.37. The van der Waals surface area contributed by atoms with Gasteiger partial charge in [-0.2, -0.15) is 0 Å². The Hall–Kier alpha value is -1.05. The van der Waals surface area contributed by atoms with Crippen LogP contribution in [-0.2, 0) is 4.79 Å². The number of benzene rings is 1. The van der Waals surface area contributed by atoms with E-state index in [1.165, 1.54) is 23.8 Å². The molecule has 1 aliphatic rings. The average Bonchev–Trinajstić information content (AvgIpc) is 2.67. The van der Waals surface area contributed by atoms with Crippen LogP contribution in [-0.4, -0.2) is 33.9 Å². The second kappa shape index (κ2) is 6.15. The van der Waals surface area contributed by atoms with Gasteiger partial charge >= 0.3 is 0 Å². The summed E-state index contributed by atoms with van der Waals surface area (Å²) in [6.07, 6.45) is 1.62. The summed E-state index contributed by atoms with van der Waals surface area (Å²) in [6, 6.07) is 3.38. The van der Waals surface area contributed by atoms with Gasteiger partial charge in [0, 0.05) is 16.6 Å². The fraction of sp³-hybridized carbons (Fsp3) is 0.231. The number of thioether (sulfide) groups is 1. The van der Waals surface area contributed by atoms with Crippen LogP contribution in [0.25, 0.3) is 6.08 Å². The van der Waals surface area contributed by atoms with Gasteiger partial charge in [-0.15, -0.1) is 0 Å². The maximum absolute atomic E-state index is 12.1. The third-order valence-corrected chi connectivity index (χ3v) is 4.60. The molecule has 0 aliphatic carbocycles. The lowest BCUT2D eigenvalue weighted by molar-refractivity contribution is -0.121. The van der Waals surface area contributed by atoms with Crippen molar-refractivity contribution >= 4 is 56.2 Å². The molecule has 2 rings (SSSR count). The molecule has 0 unspecified atom stereocenters. The third kappa shape index (κ3) is 2.84. The fourth-order valence-electron chi connectivity index (χ4n) is 1.77. The van der Waals surface area contributed by atoms with Crippen molar-refractivity contribution in [3.05, 3.63) is 27.1 Å². The lowest BCUT2D eigenvalue weighted by atomic mass is 10.1. The Morgan fingerprint density at radius 1 is 1.55 bits per heavy atom. The van der Waals surface area contributed by atoms with Gasteiger partial charge in [0.2, 0.25) is 0 Å². The number of methoxy groups -OCH3 is 1. The Balaban J connectivity index is 2.44. The van der Waals surface area contributed by atoms with Crippen molar-refractivity contribution in [1.82, 2.24) is 4.90 Å². The van der Waals surface area contributed by atoms with Crippen LogP contribution in [0.15, 0.2) is 21.5 Å². The number of hydrogen-bond donors (Lipinski definition) is 1. The number of phenolic OH excluding ortho intramolecular Hbond substituents is 1. The van der Waals surface area contributed by atoms with Gasteiger partial charge in [-0.05, 0) is 25.1 Å². The van der Waals surface area contributed by atoms with Gasteiger partial charge in [0.1, 0.15) is 4.32 Å². The Kier molecular flexibility index (Phi) is 4.72. The summed E-state index contributed by atoms with van der Waals surface area (Å²) >= 11 is 9.72. The van der Waals surface area contributed by atoms with E-state index < -0.39 is 0 Å². The molecule has 0 bridgehead atoms. The minimum atomic E-state index is -0.138. The number of aromatic hydroxyl groups is 1. The number of carbonyl (C=O) groups is 1. The largest absolute Gasteiger partial charge is 0.504 e. The number of likely N-dealkylation sites (N-methyl/N-ethyl adjacent to an activating group) is 1. The number of nitrogens with zero attached hydrogens (tertiary/aromatic N) is 1. The number of hydrogen-bond acceptors (Lipinski definition) is 5. The zero-order chi connectivity index (χ0) is 14.9. The Morgan fingerprint density at radius 2 is 2.25 bits per heavy atom. The third-order valence-electron chi connectivity index (χ3n) is 2.77. The van der Waals surface area contributed by atoms with E-state index in [2.05, 4.69) is 15.9 Å². The molecule has 106 valence electrons. The van der Waals surface area contributed by atoms with Crippen molar-refractivity contribution in [2.45, 2.75) is 6.92 Å². The molecular weight excluding hydrogens is 362 g/mol. The molecule has 0 radical (unpaired) electrons. The Labute approximate surface area is 134 Å². The van der Waals surface area contributed by atoms with Gasteiger partial charge in [0.25, 0.3) is 5.91 Å². The summed E-state index contributed by atoms with van der Waals surface area (Å²) in [6.45, 7) is 2.41. The van der Waals surface area contributed by atoms with Crippen LogP contribution in [0.5, 0.6) is 11.5 Å². The molecule has 1 aromatic carbocycles. The molecule has 1 heterocycles. The molecule has 1 fully saturated rings. The predicted molar refractivity (Wildman–Crippen MR) is 87.9 cm³/mol. The molecule has 0 spiro atoms. The highest BCUT2D eigenvalue weighted by Gasteiger charge is 2.30. The van der Waals surface area contributed by atoms with E-state index in [4.69, 9.17) is 17.0 Å². The summed E-state index contributed by atoms with van der Waals surface area (Å²) in [5.74, 6) is 0.204. The average molecular weight is 374 g/mol. The van der Waals surface area contributed by atoms with Gasteiger partial charge in [-0.25, -0.2) is 0 Å². The van der Waals surface area contributed by atoms with E-state index in [0.29, 0.717) is 27.1 Å². The first-order chi connectivity index (χ1) is 9.47. The van der Waals surface area contributed by atoms with Crippen molar-refractivity contribution < 1.29 is 14.6 Å². The summed E-state index contributed by atoms with van der Waals surface area (Å²) in [7, 11) is 1.47. The highest BCUT2D eigenvalue weighted by Crippen LogP contribution is 2.38. The number of amides is 1. The Bertz CT molecular complexity index is 616. The minimum Gasteiger partial charge on any atom is -0.504 e. The lowest BCUT2D eigenvalue weighted by Gasteiger charge is -2.10. The van der Waals surface area contributed by atoms with Crippen molar-refractivity contribution in [3.63, 3.8) is 0 Å². The highest BCUT2D eigenvalue weighted by atomic mass is 79.9. The van der Waals surface area contributed by atoms with E-state index in [9.17, 15) is 9.90 Å². The smallest absolute Gasteiger partial charge is 0.266 e. The van der Waals surface area contributed by atoms with E-state index in [-0.39, 0.29) is 11.7 Å². The monoisotopic (exact) mass is 373 g/mol. The second-order valence-corrected chi connectivity index (χ2v) is 6.56. The first kappa shape index (κ1) is 15.3. The van der Waals surface area contributed by atoms with E-state index in [1.54, 1.807) is 18.2 Å². The van der Waals surface area contributed by atoms with E-state index in [1.807, 2.05) is 6.92 Å². The van der Waals surface area contributed by atoms with Gasteiger partial charge in [0.15, 0.2) is 11.5 Å². The number of phenols is 1. The van der Waals surface area contributed by atoms with Crippen molar-refractivity contribution in [3.8, 4) is 11.5 Å². The molecule has 4 nitrogen and oxygen atoms in total. The number of thiocarbonyl (C=S) groups is 1. The topological polar surface area (TPSA) is 49.8 Å². The number of carbonyl (C=O) groups excluding carboxylic acids is 1. The molecular formula is C13H12BrNO3S2. The van der Waals surface area contributed by atoms with E-state index in [0.717, 1.165) is 4.47 Å². The first-order valence-corrected chi connectivity index (χ1v) is 7.81. The van der Waals surface area contributed by atoms with Gasteiger partial charge in [-0.1, -0.05) is 39.9 Å². The summed E-state index contributed by atoms with van der Waals surface area (Å²) in [5, 5.41) is 10.1. The molecule has 7 heteroatoms. The highest BCUT2D eigenvalue weighted by molar-refractivity contribution is 9.10. The van der Waals surface area contributed by atoms with Crippen LogP contribution in [0.4, 0.5) is 0 Å². The zero-order valence-corrected chi connectivity index (χ0v) is 14.1. The van der Waals surface area contributed by atoms with E-state index >= 15 is 0 Å². The predicted octanol–water partition coefficient (Wildman–Crippen LogP) is 3.38. The normalized spacial score (nSPS) is 17.1. The zero-order valence-electron chi connectivity index (χ0n) is 10.8. The molecule has 1 aliphatic heterocycles. The van der Waals surface area contributed by atoms with Crippen LogP contribution in [0.3, 0.4) is 0 Å². The number of ether oxygens (including phenoxy) is 1. The van der Waals surface area contributed by atoms with Crippen LogP contribution in [0.1, 0.15) is 12.5 Å². The molecule has 20 heavy (non-hydrogen) atoms. The number of halogens is 1. The molecule has 0 atom stereocenters. The van der Waals surface area contributed by atoms with Crippen LogP contribution in [0.2, 0.25) is 0 Å². The van der Waals surface area contributed by atoms with Gasteiger partial charge < -0.3 is 9.84 Å². The molecule has 1 saturated heterocycles.